The van der Waals surface area contributed by atoms with E-state index in [1.165, 1.54) is 38.3 Å². The van der Waals surface area contributed by atoms with Gasteiger partial charge in [0.1, 0.15) is 0 Å². The van der Waals surface area contributed by atoms with Gasteiger partial charge in [-0.1, -0.05) is 0 Å². The van der Waals surface area contributed by atoms with Gasteiger partial charge in [-0.3, -0.25) is 9.97 Å². The standard InChI is InChI=1S/C22H10Br4N2S4/c1-7-3-11-9(5-27-7)13(23)17(29-11)19-15(25)21-22(31-19)16(26)20(32-21)18-14(24)10-6-28-8(2)4-12(10)30-18/h3-6H,1-2H3. The Kier molecular flexibility index (Phi) is 5.70. The smallest absolute Gasteiger partial charge is 0.0618 e. The van der Waals surface area contributed by atoms with E-state index in [1.807, 2.05) is 71.6 Å². The fourth-order valence-electron chi connectivity index (χ4n) is 3.59. The van der Waals surface area contributed by atoms with Gasteiger partial charge in [-0.05, 0) is 89.7 Å². The number of fused-ring (bicyclic) bond motifs is 3. The Labute approximate surface area is 233 Å². The van der Waals surface area contributed by atoms with E-state index >= 15 is 0 Å². The average Bonchev–Trinajstić information content (AvgIpc) is 3.45. The first-order valence-electron chi connectivity index (χ1n) is 9.33. The lowest BCUT2D eigenvalue weighted by molar-refractivity contribution is 1.23. The maximum Gasteiger partial charge on any atom is 0.0618 e. The molecule has 10 heteroatoms. The largest absolute Gasteiger partial charge is 0.261 e. The molecule has 0 aromatic carbocycles. The maximum absolute atomic E-state index is 4.48. The number of pyridine rings is 2. The van der Waals surface area contributed by atoms with Crippen molar-refractivity contribution in [2.24, 2.45) is 0 Å². The van der Waals surface area contributed by atoms with E-state index < -0.39 is 0 Å². The van der Waals surface area contributed by atoms with Crippen molar-refractivity contribution < 1.29 is 0 Å². The summed E-state index contributed by atoms with van der Waals surface area (Å²) in [5, 5.41) is 2.33. The molecule has 0 radical (unpaired) electrons. The normalized spacial score (nSPS) is 12.1. The predicted molar refractivity (Wildman–Crippen MR) is 157 cm³/mol. The highest BCUT2D eigenvalue weighted by atomic mass is 79.9. The van der Waals surface area contributed by atoms with Crippen molar-refractivity contribution in [3.8, 4) is 19.5 Å². The van der Waals surface area contributed by atoms with Crippen LogP contribution in [0.15, 0.2) is 42.4 Å². The van der Waals surface area contributed by atoms with Crippen LogP contribution in [0.5, 0.6) is 0 Å². The van der Waals surface area contributed by atoms with Crippen molar-refractivity contribution in [1.82, 2.24) is 9.97 Å². The summed E-state index contributed by atoms with van der Waals surface area (Å²) in [5.41, 5.74) is 2.08. The molecule has 0 aliphatic rings. The van der Waals surface area contributed by atoms with Gasteiger partial charge < -0.3 is 0 Å². The number of aromatic nitrogens is 2. The molecule has 32 heavy (non-hydrogen) atoms. The third-order valence-electron chi connectivity index (χ3n) is 5.13. The molecular weight excluding hydrogens is 740 g/mol. The predicted octanol–water partition coefficient (Wildman–Crippen LogP) is 11.2. The van der Waals surface area contributed by atoms with Gasteiger partial charge in [-0.2, -0.15) is 0 Å². The van der Waals surface area contributed by atoms with Crippen molar-refractivity contribution >= 4 is 139 Å². The molecule has 0 saturated carbocycles. The highest BCUT2D eigenvalue weighted by Crippen LogP contribution is 2.57. The molecular formula is C22H10Br4N2S4. The summed E-state index contributed by atoms with van der Waals surface area (Å²) in [6, 6.07) is 4.31. The number of hydrogen-bond donors (Lipinski definition) is 0. The first-order chi connectivity index (χ1) is 15.3. The van der Waals surface area contributed by atoms with Crippen molar-refractivity contribution in [3.05, 3.63) is 53.8 Å². The van der Waals surface area contributed by atoms with Gasteiger partial charge in [0.05, 0.1) is 37.9 Å². The minimum absolute atomic E-state index is 1.04. The molecule has 0 unspecified atom stereocenters. The molecule has 6 aromatic rings. The van der Waals surface area contributed by atoms with E-state index in [9.17, 15) is 0 Å². The Morgan fingerprint density at radius 3 is 1.34 bits per heavy atom. The van der Waals surface area contributed by atoms with Crippen LogP contribution in [-0.4, -0.2) is 9.97 Å². The molecule has 6 rings (SSSR count). The molecule has 0 fully saturated rings. The molecule has 2 nitrogen and oxygen atoms in total. The van der Waals surface area contributed by atoms with Gasteiger partial charge in [-0.25, -0.2) is 0 Å². The third kappa shape index (κ3) is 3.36. The zero-order valence-electron chi connectivity index (χ0n) is 16.3. The summed E-state index contributed by atoms with van der Waals surface area (Å²) in [7, 11) is 0. The van der Waals surface area contributed by atoms with E-state index in [2.05, 4.69) is 85.8 Å². The zero-order chi connectivity index (χ0) is 22.3. The number of hydrogen-bond acceptors (Lipinski definition) is 6. The molecule has 0 N–H and O–H groups in total. The lowest BCUT2D eigenvalue weighted by atomic mass is 10.2. The van der Waals surface area contributed by atoms with E-state index in [0.717, 1.165) is 40.1 Å². The second kappa shape index (κ2) is 8.19. The van der Waals surface area contributed by atoms with Crippen LogP contribution in [0.1, 0.15) is 11.4 Å². The molecule has 0 amide bonds. The number of halogens is 4. The first-order valence-corrected chi connectivity index (χ1v) is 15.8. The van der Waals surface area contributed by atoms with E-state index in [0.29, 0.717) is 0 Å². The summed E-state index contributed by atoms with van der Waals surface area (Å²) in [4.78, 5) is 13.9. The van der Waals surface area contributed by atoms with Gasteiger partial charge in [-0.15, -0.1) is 45.3 Å². The van der Waals surface area contributed by atoms with E-state index in [-0.39, 0.29) is 0 Å². The summed E-state index contributed by atoms with van der Waals surface area (Å²) in [6.07, 6.45) is 3.92. The lowest BCUT2D eigenvalue weighted by Crippen LogP contribution is -1.76. The summed E-state index contributed by atoms with van der Waals surface area (Å²) in [6.45, 7) is 4.07. The fraction of sp³-hybridized carbons (Fsp3) is 0.0909. The molecule has 0 spiro atoms. The van der Waals surface area contributed by atoms with Crippen molar-refractivity contribution in [2.45, 2.75) is 13.8 Å². The number of rotatable bonds is 2. The highest BCUT2D eigenvalue weighted by molar-refractivity contribution is 9.11. The van der Waals surface area contributed by atoms with Gasteiger partial charge in [0.25, 0.3) is 0 Å². The third-order valence-corrected chi connectivity index (χ3v) is 15.1. The zero-order valence-corrected chi connectivity index (χ0v) is 26.0. The Morgan fingerprint density at radius 1 is 0.562 bits per heavy atom. The summed E-state index contributed by atoms with van der Waals surface area (Å²) < 4.78 is 9.58. The highest BCUT2D eigenvalue weighted by Gasteiger charge is 2.25. The molecule has 0 aliphatic carbocycles. The van der Waals surface area contributed by atoms with Crippen molar-refractivity contribution in [3.63, 3.8) is 0 Å². The van der Waals surface area contributed by atoms with Crippen molar-refractivity contribution in [2.75, 3.05) is 0 Å². The topological polar surface area (TPSA) is 25.8 Å². The monoisotopic (exact) mass is 746 g/mol. The SMILES string of the molecule is Cc1cc2sc(-c3sc4c(Br)c(-c5sc6cc(C)ncc6c5Br)sc4c3Br)c(Br)c2cn1. The molecule has 0 aliphatic heterocycles. The molecule has 6 heterocycles. The fourth-order valence-corrected chi connectivity index (χ4v) is 13.0. The molecule has 160 valence electrons. The maximum atomic E-state index is 4.48. The van der Waals surface area contributed by atoms with Crippen LogP contribution < -0.4 is 0 Å². The molecule has 0 atom stereocenters. The van der Waals surface area contributed by atoms with Gasteiger partial charge in [0.15, 0.2) is 0 Å². The Bertz CT molecular complexity index is 1580. The van der Waals surface area contributed by atoms with Crippen LogP contribution in [0.4, 0.5) is 0 Å². The number of nitrogens with zero attached hydrogens (tertiary/aromatic N) is 2. The summed E-state index contributed by atoms with van der Waals surface area (Å²) >= 11 is 22.8. The van der Waals surface area contributed by atoms with Crippen LogP contribution in [0.25, 0.3) is 49.1 Å². The van der Waals surface area contributed by atoms with Crippen molar-refractivity contribution in [1.29, 1.82) is 0 Å². The van der Waals surface area contributed by atoms with Gasteiger partial charge in [0.2, 0.25) is 0 Å². The van der Waals surface area contributed by atoms with Gasteiger partial charge >= 0.3 is 0 Å². The van der Waals surface area contributed by atoms with Crippen LogP contribution in [0, 0.1) is 13.8 Å². The van der Waals surface area contributed by atoms with Crippen LogP contribution in [-0.2, 0) is 0 Å². The second-order valence-corrected chi connectivity index (χ2v) is 14.6. The van der Waals surface area contributed by atoms with Crippen LogP contribution in [0.3, 0.4) is 0 Å². The van der Waals surface area contributed by atoms with Gasteiger partial charge in [0, 0.05) is 52.9 Å². The molecule has 6 aromatic heterocycles. The van der Waals surface area contributed by atoms with E-state index in [1.54, 1.807) is 0 Å². The Morgan fingerprint density at radius 2 is 0.938 bits per heavy atom. The first kappa shape index (κ1) is 22.3. The number of thiophene rings is 4. The summed E-state index contributed by atoms with van der Waals surface area (Å²) in [5.74, 6) is 0. The van der Waals surface area contributed by atoms with E-state index in [4.69, 9.17) is 0 Å². The quantitative estimate of drug-likeness (QED) is 0.176. The number of aryl methyl sites for hydroxylation is 2. The van der Waals surface area contributed by atoms with Crippen LogP contribution in [0.2, 0.25) is 0 Å². The van der Waals surface area contributed by atoms with Crippen LogP contribution >= 0.6 is 109 Å². The second-order valence-electron chi connectivity index (χ2n) is 7.28. The average molecular weight is 750 g/mol. The molecule has 0 bridgehead atoms. The minimum Gasteiger partial charge on any atom is -0.261 e. The minimum atomic E-state index is 1.04. The lowest BCUT2D eigenvalue weighted by Gasteiger charge is -1.98. The molecule has 0 saturated heterocycles. The Balaban J connectivity index is 1.54. The Hall–Kier alpha value is -0.200.